The van der Waals surface area contributed by atoms with Crippen molar-refractivity contribution in [2.24, 2.45) is 4.99 Å². The zero-order valence-corrected chi connectivity index (χ0v) is 16.7. The quantitative estimate of drug-likeness (QED) is 0.588. The number of hydrogen-bond donors (Lipinski definition) is 2. The first-order chi connectivity index (χ1) is 12.5. The number of carbonyl (C=O) groups excluding carboxylic acids is 1. The first-order valence-electron chi connectivity index (χ1n) is 9.33. The van der Waals surface area contributed by atoms with Gasteiger partial charge in [0.15, 0.2) is 5.96 Å². The summed E-state index contributed by atoms with van der Waals surface area (Å²) in [6.07, 6.45) is 0.409. The Bertz CT molecular complexity index is 612. The number of nitrogens with zero attached hydrogens (tertiary/aromatic N) is 3. The summed E-state index contributed by atoms with van der Waals surface area (Å²) >= 11 is 6.31. The highest BCUT2D eigenvalue weighted by Crippen LogP contribution is 2.25. The van der Waals surface area contributed by atoms with Gasteiger partial charge in [-0.3, -0.25) is 9.79 Å². The summed E-state index contributed by atoms with van der Waals surface area (Å²) in [5, 5.41) is 7.02. The fourth-order valence-corrected chi connectivity index (χ4v) is 3.21. The minimum absolute atomic E-state index is 0.0446. The van der Waals surface area contributed by atoms with Gasteiger partial charge < -0.3 is 20.4 Å². The van der Waals surface area contributed by atoms with Crippen LogP contribution in [0.15, 0.2) is 29.3 Å². The van der Waals surface area contributed by atoms with Crippen LogP contribution in [-0.4, -0.2) is 62.1 Å². The van der Waals surface area contributed by atoms with E-state index in [1.807, 2.05) is 32.0 Å². The number of piperazine rings is 1. The van der Waals surface area contributed by atoms with Crippen LogP contribution in [0.4, 0.5) is 5.69 Å². The third kappa shape index (κ3) is 6.09. The number of guanidine groups is 1. The molecule has 1 aliphatic rings. The van der Waals surface area contributed by atoms with Crippen molar-refractivity contribution in [3.8, 4) is 0 Å². The number of anilines is 1. The third-order valence-corrected chi connectivity index (χ3v) is 4.48. The van der Waals surface area contributed by atoms with Crippen molar-refractivity contribution in [1.82, 2.24) is 15.5 Å². The standard InChI is InChI=1S/C19H30ClN5O/c1-4-21-19(22-10-9-18(26)23-15(2)3)25-13-11-24(12-14-25)17-8-6-5-7-16(17)20/h5-8,15H,4,9-14H2,1-3H3,(H,21,22)(H,23,26). The van der Waals surface area contributed by atoms with Crippen LogP contribution >= 0.6 is 11.6 Å². The SMILES string of the molecule is CCNC(=NCCC(=O)NC(C)C)N1CCN(c2ccccc2Cl)CC1. The van der Waals surface area contributed by atoms with Crippen molar-refractivity contribution in [3.05, 3.63) is 29.3 Å². The lowest BCUT2D eigenvalue weighted by Crippen LogP contribution is -2.52. The summed E-state index contributed by atoms with van der Waals surface area (Å²) in [6, 6.07) is 8.12. The summed E-state index contributed by atoms with van der Waals surface area (Å²) in [6.45, 7) is 10.8. The largest absolute Gasteiger partial charge is 0.367 e. The molecule has 0 atom stereocenters. The van der Waals surface area contributed by atoms with Gasteiger partial charge in [-0.2, -0.15) is 0 Å². The lowest BCUT2D eigenvalue weighted by Gasteiger charge is -2.38. The number of nitrogens with one attached hydrogen (secondary N) is 2. The summed E-state index contributed by atoms with van der Waals surface area (Å²) in [7, 11) is 0. The Morgan fingerprint density at radius 3 is 2.54 bits per heavy atom. The van der Waals surface area contributed by atoms with Gasteiger partial charge in [-0.25, -0.2) is 0 Å². The molecule has 7 heteroatoms. The van der Waals surface area contributed by atoms with E-state index >= 15 is 0 Å². The molecule has 1 amide bonds. The van der Waals surface area contributed by atoms with E-state index in [9.17, 15) is 4.79 Å². The molecule has 1 heterocycles. The van der Waals surface area contributed by atoms with Gasteiger partial charge in [-0.1, -0.05) is 23.7 Å². The number of carbonyl (C=O) groups is 1. The fourth-order valence-electron chi connectivity index (χ4n) is 2.95. The van der Waals surface area contributed by atoms with E-state index in [0.29, 0.717) is 13.0 Å². The van der Waals surface area contributed by atoms with E-state index in [4.69, 9.17) is 11.6 Å². The number of aliphatic imine (C=N–C) groups is 1. The smallest absolute Gasteiger partial charge is 0.222 e. The van der Waals surface area contributed by atoms with E-state index < -0.39 is 0 Å². The number of rotatable bonds is 6. The molecule has 1 saturated heterocycles. The van der Waals surface area contributed by atoms with Crippen molar-refractivity contribution in [2.75, 3.05) is 44.2 Å². The number of halogens is 1. The second-order valence-corrected chi connectivity index (χ2v) is 7.04. The highest BCUT2D eigenvalue weighted by molar-refractivity contribution is 6.33. The second kappa shape index (κ2) is 10.3. The van der Waals surface area contributed by atoms with Crippen LogP contribution in [-0.2, 0) is 4.79 Å². The highest BCUT2D eigenvalue weighted by Gasteiger charge is 2.21. The van der Waals surface area contributed by atoms with E-state index in [1.165, 1.54) is 0 Å². The first kappa shape index (κ1) is 20.4. The lowest BCUT2D eigenvalue weighted by molar-refractivity contribution is -0.121. The Morgan fingerprint density at radius 2 is 1.92 bits per heavy atom. The molecular formula is C19H30ClN5O. The van der Waals surface area contributed by atoms with Crippen molar-refractivity contribution >= 4 is 29.2 Å². The Labute approximate surface area is 161 Å². The molecular weight excluding hydrogens is 350 g/mol. The van der Waals surface area contributed by atoms with Crippen LogP contribution in [0.5, 0.6) is 0 Å². The zero-order chi connectivity index (χ0) is 18.9. The van der Waals surface area contributed by atoms with E-state index in [2.05, 4.69) is 38.4 Å². The summed E-state index contributed by atoms with van der Waals surface area (Å²) < 4.78 is 0. The topological polar surface area (TPSA) is 60.0 Å². The van der Waals surface area contributed by atoms with Gasteiger partial charge in [0, 0.05) is 45.2 Å². The maximum Gasteiger partial charge on any atom is 0.222 e. The van der Waals surface area contributed by atoms with E-state index in [-0.39, 0.29) is 11.9 Å². The van der Waals surface area contributed by atoms with Gasteiger partial charge in [0.25, 0.3) is 0 Å². The molecule has 26 heavy (non-hydrogen) atoms. The minimum Gasteiger partial charge on any atom is -0.367 e. The summed E-state index contributed by atoms with van der Waals surface area (Å²) in [5.41, 5.74) is 1.08. The van der Waals surface area contributed by atoms with Crippen molar-refractivity contribution in [3.63, 3.8) is 0 Å². The summed E-state index contributed by atoms with van der Waals surface area (Å²) in [4.78, 5) is 20.9. The van der Waals surface area contributed by atoms with Crippen molar-refractivity contribution in [2.45, 2.75) is 33.2 Å². The van der Waals surface area contributed by atoms with Crippen LogP contribution in [0.1, 0.15) is 27.2 Å². The minimum atomic E-state index is 0.0446. The zero-order valence-electron chi connectivity index (χ0n) is 16.0. The summed E-state index contributed by atoms with van der Waals surface area (Å²) in [5.74, 6) is 0.923. The Balaban J connectivity index is 1.90. The predicted molar refractivity (Wildman–Crippen MR) is 109 cm³/mol. The maximum absolute atomic E-state index is 11.8. The van der Waals surface area contributed by atoms with E-state index in [1.54, 1.807) is 0 Å². The van der Waals surface area contributed by atoms with Crippen molar-refractivity contribution in [1.29, 1.82) is 0 Å². The molecule has 0 bridgehead atoms. The second-order valence-electron chi connectivity index (χ2n) is 6.63. The molecule has 1 aliphatic heterocycles. The van der Waals surface area contributed by atoms with Gasteiger partial charge in [0.05, 0.1) is 17.3 Å². The first-order valence-corrected chi connectivity index (χ1v) is 9.71. The molecule has 0 aliphatic carbocycles. The van der Waals surface area contributed by atoms with Gasteiger partial charge in [0.1, 0.15) is 0 Å². The monoisotopic (exact) mass is 379 g/mol. The van der Waals surface area contributed by atoms with Crippen LogP contribution in [0, 0.1) is 0 Å². The van der Waals surface area contributed by atoms with Gasteiger partial charge in [0.2, 0.25) is 5.91 Å². The molecule has 0 radical (unpaired) electrons. The molecule has 0 spiro atoms. The van der Waals surface area contributed by atoms with Crippen LogP contribution < -0.4 is 15.5 Å². The molecule has 144 valence electrons. The molecule has 2 rings (SSSR count). The molecule has 1 aromatic carbocycles. The molecule has 1 aromatic rings. The molecule has 2 N–H and O–H groups in total. The molecule has 6 nitrogen and oxygen atoms in total. The van der Waals surface area contributed by atoms with Gasteiger partial charge in [-0.15, -0.1) is 0 Å². The Kier molecular flexibility index (Phi) is 8.04. The van der Waals surface area contributed by atoms with Crippen LogP contribution in [0.2, 0.25) is 5.02 Å². The molecule has 1 fully saturated rings. The third-order valence-electron chi connectivity index (χ3n) is 4.16. The van der Waals surface area contributed by atoms with E-state index in [0.717, 1.165) is 49.4 Å². The van der Waals surface area contributed by atoms with Gasteiger partial charge in [-0.05, 0) is 32.9 Å². The number of hydrogen-bond acceptors (Lipinski definition) is 3. The highest BCUT2D eigenvalue weighted by atomic mass is 35.5. The Morgan fingerprint density at radius 1 is 1.23 bits per heavy atom. The number of amides is 1. The fraction of sp³-hybridized carbons (Fsp3) is 0.579. The molecule has 0 aromatic heterocycles. The Hall–Kier alpha value is -1.95. The number of para-hydroxylation sites is 1. The molecule has 0 saturated carbocycles. The molecule has 0 unspecified atom stereocenters. The number of benzene rings is 1. The lowest BCUT2D eigenvalue weighted by atomic mass is 10.2. The predicted octanol–water partition coefficient (Wildman–Crippen LogP) is 2.34. The average molecular weight is 380 g/mol. The van der Waals surface area contributed by atoms with Crippen LogP contribution in [0.3, 0.4) is 0 Å². The average Bonchev–Trinajstić information content (AvgIpc) is 2.61. The van der Waals surface area contributed by atoms with Crippen molar-refractivity contribution < 1.29 is 4.79 Å². The van der Waals surface area contributed by atoms with Gasteiger partial charge >= 0.3 is 0 Å². The normalized spacial score (nSPS) is 15.3. The van der Waals surface area contributed by atoms with Crippen LogP contribution in [0.25, 0.3) is 0 Å². The maximum atomic E-state index is 11.8.